The van der Waals surface area contributed by atoms with E-state index in [0.717, 1.165) is 12.2 Å². The van der Waals surface area contributed by atoms with Crippen LogP contribution < -0.4 is 15.4 Å². The number of methoxy groups -OCH3 is 1. The first kappa shape index (κ1) is 38.6. The van der Waals surface area contributed by atoms with Gasteiger partial charge in [-0.2, -0.15) is 0 Å². The minimum Gasteiger partial charge on any atom is -0.507 e. The van der Waals surface area contributed by atoms with Gasteiger partial charge in [-0.25, -0.2) is 9.59 Å². The molecule has 6 aromatic rings. The Morgan fingerprint density at radius 1 is 0.759 bits per heavy atom. The SMILES string of the molecule is COc1ccc(C[C@@H](C)NC[C@H](O)c2ccc(O)c(NC=O)c2)cc1.O=C(O)c1cc2ccccc2c(Cc2c(O)c(C(=O)O)cc3ccccc23)c1O. The number of hydrogen-bond acceptors (Lipinski definition) is 9. The monoisotopic (exact) mass is 732 g/mol. The number of anilines is 1. The molecule has 0 bridgehead atoms. The highest BCUT2D eigenvalue weighted by Gasteiger charge is 2.22. The molecule has 278 valence electrons. The van der Waals surface area contributed by atoms with Crippen LogP contribution in [0.2, 0.25) is 0 Å². The van der Waals surface area contributed by atoms with Crippen molar-refractivity contribution in [3.8, 4) is 23.0 Å². The first-order valence-corrected chi connectivity index (χ1v) is 16.9. The summed E-state index contributed by atoms with van der Waals surface area (Å²) in [5.74, 6) is -2.57. The van der Waals surface area contributed by atoms with Crippen molar-refractivity contribution in [3.05, 3.63) is 137 Å². The maximum atomic E-state index is 11.6. The number of rotatable bonds is 13. The molecule has 0 aliphatic rings. The first-order valence-electron chi connectivity index (χ1n) is 16.9. The first-order chi connectivity index (χ1) is 25.9. The van der Waals surface area contributed by atoms with Gasteiger partial charge in [-0.3, -0.25) is 4.79 Å². The Morgan fingerprint density at radius 3 is 1.80 bits per heavy atom. The fraction of sp³-hybridized carbons (Fsp3) is 0.167. The zero-order valence-electron chi connectivity index (χ0n) is 29.5. The molecule has 6 rings (SSSR count). The minimum atomic E-state index is -1.28. The van der Waals surface area contributed by atoms with Crippen molar-refractivity contribution in [1.82, 2.24) is 5.32 Å². The van der Waals surface area contributed by atoms with Gasteiger partial charge in [-0.15, -0.1) is 0 Å². The lowest BCUT2D eigenvalue weighted by Gasteiger charge is -2.18. The van der Waals surface area contributed by atoms with Crippen molar-refractivity contribution in [3.63, 3.8) is 0 Å². The molecule has 0 aromatic heterocycles. The summed E-state index contributed by atoms with van der Waals surface area (Å²) in [6.45, 7) is 2.41. The maximum absolute atomic E-state index is 11.6. The maximum Gasteiger partial charge on any atom is 0.339 e. The van der Waals surface area contributed by atoms with Crippen molar-refractivity contribution in [2.24, 2.45) is 0 Å². The number of phenols is 3. The van der Waals surface area contributed by atoms with Gasteiger partial charge in [0, 0.05) is 30.1 Å². The number of hydrogen-bond donors (Lipinski definition) is 8. The van der Waals surface area contributed by atoms with E-state index >= 15 is 0 Å². The topological polar surface area (TPSA) is 206 Å². The molecule has 6 aromatic carbocycles. The van der Waals surface area contributed by atoms with Crippen molar-refractivity contribution >= 4 is 45.6 Å². The number of carboxylic acid groups (broad SMARTS) is 2. The number of aliphatic hydroxyl groups is 1. The van der Waals surface area contributed by atoms with Crippen LogP contribution in [0.15, 0.2) is 103 Å². The Morgan fingerprint density at radius 2 is 1.30 bits per heavy atom. The van der Waals surface area contributed by atoms with E-state index in [9.17, 15) is 45.0 Å². The molecule has 0 heterocycles. The van der Waals surface area contributed by atoms with Crippen LogP contribution in [-0.4, -0.2) is 68.7 Å². The average Bonchev–Trinajstić information content (AvgIpc) is 3.16. The van der Waals surface area contributed by atoms with Crippen LogP contribution in [0.4, 0.5) is 5.69 Å². The molecule has 0 saturated carbocycles. The molecule has 0 fully saturated rings. The van der Waals surface area contributed by atoms with Gasteiger partial charge in [0.1, 0.15) is 34.1 Å². The smallest absolute Gasteiger partial charge is 0.339 e. The average molecular weight is 733 g/mol. The van der Waals surface area contributed by atoms with Crippen LogP contribution in [-0.2, 0) is 17.6 Å². The molecule has 0 saturated heterocycles. The fourth-order valence-electron chi connectivity index (χ4n) is 6.24. The quantitative estimate of drug-likeness (QED) is 0.0468. The summed E-state index contributed by atoms with van der Waals surface area (Å²) in [6, 6.07) is 29.5. The summed E-state index contributed by atoms with van der Waals surface area (Å²) in [5, 5.41) is 68.4. The molecule has 0 unspecified atom stereocenters. The summed E-state index contributed by atoms with van der Waals surface area (Å²) >= 11 is 0. The second-order valence-corrected chi connectivity index (χ2v) is 12.6. The third-order valence-corrected chi connectivity index (χ3v) is 9.05. The van der Waals surface area contributed by atoms with E-state index in [1.165, 1.54) is 23.8 Å². The van der Waals surface area contributed by atoms with Gasteiger partial charge in [0.25, 0.3) is 0 Å². The zero-order valence-corrected chi connectivity index (χ0v) is 29.5. The Balaban J connectivity index is 0.000000210. The highest BCUT2D eigenvalue weighted by molar-refractivity contribution is 6.02. The lowest BCUT2D eigenvalue weighted by atomic mass is 9.90. The van der Waals surface area contributed by atoms with E-state index in [-0.39, 0.29) is 35.0 Å². The van der Waals surface area contributed by atoms with E-state index in [0.29, 0.717) is 51.2 Å². The Hall–Kier alpha value is -6.63. The third kappa shape index (κ3) is 8.87. The summed E-state index contributed by atoms with van der Waals surface area (Å²) < 4.78 is 5.14. The van der Waals surface area contributed by atoms with Gasteiger partial charge in [0.2, 0.25) is 6.41 Å². The van der Waals surface area contributed by atoms with Gasteiger partial charge >= 0.3 is 11.9 Å². The molecule has 54 heavy (non-hydrogen) atoms. The van der Waals surface area contributed by atoms with Gasteiger partial charge < -0.3 is 46.0 Å². The molecule has 1 amide bonds. The van der Waals surface area contributed by atoms with Gasteiger partial charge in [0.15, 0.2) is 0 Å². The number of fused-ring (bicyclic) bond motifs is 2. The Kier molecular flexibility index (Phi) is 12.3. The summed E-state index contributed by atoms with van der Waals surface area (Å²) in [7, 11) is 1.64. The molecule has 8 N–H and O–H groups in total. The van der Waals surface area contributed by atoms with Crippen LogP contribution in [0.3, 0.4) is 0 Å². The van der Waals surface area contributed by atoms with Crippen molar-refractivity contribution in [2.75, 3.05) is 19.0 Å². The Bertz CT molecular complexity index is 2210. The number of benzene rings is 6. The number of aromatic carboxylic acids is 2. The number of carbonyl (C=O) groups excluding carboxylic acids is 1. The predicted molar refractivity (Wildman–Crippen MR) is 205 cm³/mol. The van der Waals surface area contributed by atoms with Gasteiger partial charge in [0.05, 0.1) is 18.9 Å². The largest absolute Gasteiger partial charge is 0.507 e. The van der Waals surface area contributed by atoms with E-state index in [1.54, 1.807) is 67.8 Å². The van der Waals surface area contributed by atoms with E-state index < -0.39 is 29.5 Å². The van der Waals surface area contributed by atoms with Crippen LogP contribution >= 0.6 is 0 Å². The normalized spacial score (nSPS) is 12.0. The molecular weight excluding hydrogens is 692 g/mol. The van der Waals surface area contributed by atoms with Crippen molar-refractivity contribution < 1.29 is 49.8 Å². The molecule has 0 aliphatic heterocycles. The van der Waals surface area contributed by atoms with E-state index in [1.807, 2.05) is 31.2 Å². The summed E-state index contributed by atoms with van der Waals surface area (Å²) in [6.07, 6.45) is 0.525. The number of aliphatic hydroxyl groups excluding tert-OH is 1. The standard InChI is InChI=1S/C23H16O6.C19H24N2O4/c24-20-16(14-7-3-1-5-12(14)9-18(20)22(26)27)11-17-15-8-4-2-6-13(15)10-19(21(17)25)23(28)29;1-13(9-14-3-6-16(25-2)7-4-14)20-11-19(24)15-5-8-18(23)17(10-15)21-12-22/h1-10,24-25H,11H2,(H,26,27)(H,28,29);3-8,10,12-13,19-20,23-24H,9,11H2,1-2H3,(H,21,22)/t;13-,19+/m.1/s1. The number of carbonyl (C=O) groups is 3. The van der Waals surface area contributed by atoms with Crippen LogP contribution in [0.1, 0.15) is 56.0 Å². The number of nitrogens with one attached hydrogen (secondary N) is 2. The number of amides is 1. The molecular formula is C42H40N2O10. The third-order valence-electron chi connectivity index (χ3n) is 9.05. The summed E-state index contributed by atoms with van der Waals surface area (Å²) in [4.78, 5) is 33.7. The van der Waals surface area contributed by atoms with E-state index in [4.69, 9.17) is 4.74 Å². The number of carboxylic acids is 2. The Labute approximate surface area is 310 Å². The number of ether oxygens (including phenoxy) is 1. The number of aromatic hydroxyl groups is 3. The molecule has 12 nitrogen and oxygen atoms in total. The number of phenolic OH excluding ortho intramolecular Hbond substituents is 1. The lowest BCUT2D eigenvalue weighted by molar-refractivity contribution is -0.105. The zero-order chi connectivity index (χ0) is 38.9. The van der Waals surface area contributed by atoms with Crippen LogP contribution in [0.25, 0.3) is 21.5 Å². The molecule has 0 radical (unpaired) electrons. The molecule has 12 heteroatoms. The minimum absolute atomic E-state index is 0.0381. The summed E-state index contributed by atoms with van der Waals surface area (Å²) in [5.41, 5.74) is 2.18. The highest BCUT2D eigenvalue weighted by atomic mass is 16.5. The second-order valence-electron chi connectivity index (χ2n) is 12.6. The predicted octanol–water partition coefficient (Wildman–Crippen LogP) is 6.61. The van der Waals surface area contributed by atoms with Gasteiger partial charge in [-0.1, -0.05) is 66.7 Å². The molecule has 2 atom stereocenters. The second kappa shape index (κ2) is 17.3. The molecule has 0 aliphatic carbocycles. The van der Waals surface area contributed by atoms with Crippen LogP contribution in [0, 0.1) is 0 Å². The fourth-order valence-corrected chi connectivity index (χ4v) is 6.24. The van der Waals surface area contributed by atoms with Crippen molar-refractivity contribution in [1.29, 1.82) is 0 Å². The highest BCUT2D eigenvalue weighted by Crippen LogP contribution is 2.39. The van der Waals surface area contributed by atoms with Crippen molar-refractivity contribution in [2.45, 2.75) is 31.9 Å². The lowest BCUT2D eigenvalue weighted by Crippen LogP contribution is -2.32. The molecule has 0 spiro atoms. The van der Waals surface area contributed by atoms with Crippen LogP contribution in [0.5, 0.6) is 23.0 Å². The van der Waals surface area contributed by atoms with Gasteiger partial charge in [-0.05, 0) is 82.4 Å². The van der Waals surface area contributed by atoms with E-state index in [2.05, 4.69) is 10.6 Å².